The number of rotatable bonds is 3. The van der Waals surface area contributed by atoms with Gasteiger partial charge in [0.2, 0.25) is 0 Å². The third-order valence-electron chi connectivity index (χ3n) is 5.01. The van der Waals surface area contributed by atoms with Crippen molar-refractivity contribution in [2.75, 3.05) is 19.7 Å². The van der Waals surface area contributed by atoms with Crippen LogP contribution < -0.4 is 9.47 Å². The Bertz CT molecular complexity index is 881. The zero-order valence-corrected chi connectivity index (χ0v) is 15.1. The van der Waals surface area contributed by atoms with Gasteiger partial charge in [0, 0.05) is 24.7 Å². The summed E-state index contributed by atoms with van der Waals surface area (Å²) in [4.78, 5) is 2.47. The second kappa shape index (κ2) is 7.58. The van der Waals surface area contributed by atoms with Gasteiger partial charge in [-0.3, -0.25) is 4.90 Å². The highest BCUT2D eigenvalue weighted by Gasteiger charge is 2.32. The van der Waals surface area contributed by atoms with Crippen LogP contribution in [0.2, 0.25) is 0 Å². The van der Waals surface area contributed by atoms with Crippen molar-refractivity contribution in [3.8, 4) is 23.3 Å². The van der Waals surface area contributed by atoms with Crippen LogP contribution in [-0.4, -0.2) is 37.2 Å². The molecule has 2 heterocycles. The molecule has 0 aliphatic carbocycles. The molecule has 2 aliphatic rings. The number of benzene rings is 2. The topological polar surface area (TPSA) is 21.7 Å². The molecule has 1 saturated heterocycles. The number of fused-ring (bicyclic) bond motifs is 1. The highest BCUT2D eigenvalue weighted by atomic mass is 19.3. The number of hydrogen-bond donors (Lipinski definition) is 0. The summed E-state index contributed by atoms with van der Waals surface area (Å²) in [7, 11) is 0. The molecule has 3 nitrogen and oxygen atoms in total. The molecule has 27 heavy (non-hydrogen) atoms. The van der Waals surface area contributed by atoms with E-state index in [9.17, 15) is 8.78 Å². The van der Waals surface area contributed by atoms with Crippen LogP contribution in [-0.2, 0) is 6.42 Å². The lowest BCUT2D eigenvalue weighted by Crippen LogP contribution is -2.54. The number of ether oxygens (including phenoxy) is 2. The van der Waals surface area contributed by atoms with Crippen molar-refractivity contribution in [3.63, 3.8) is 0 Å². The van der Waals surface area contributed by atoms with Crippen LogP contribution in [0, 0.1) is 17.8 Å². The summed E-state index contributed by atoms with van der Waals surface area (Å²) < 4.78 is 35.5. The summed E-state index contributed by atoms with van der Waals surface area (Å²) in [6, 6.07) is 12.9. The van der Waals surface area contributed by atoms with Gasteiger partial charge in [-0.15, -0.1) is 0 Å². The van der Waals surface area contributed by atoms with Crippen molar-refractivity contribution in [3.05, 3.63) is 59.2 Å². The molecular weight excluding hydrogens is 348 g/mol. The summed E-state index contributed by atoms with van der Waals surface area (Å²) in [6.45, 7) is 2.39. The normalized spacial score (nSPS) is 19.5. The van der Waals surface area contributed by atoms with E-state index in [1.54, 1.807) is 18.2 Å². The Morgan fingerprint density at radius 2 is 1.96 bits per heavy atom. The molecule has 0 spiro atoms. The van der Waals surface area contributed by atoms with Gasteiger partial charge in [-0.1, -0.05) is 37.0 Å². The minimum atomic E-state index is -2.87. The fraction of sp³-hybridized carbons (Fsp3) is 0.364. The molecule has 0 aromatic heterocycles. The van der Waals surface area contributed by atoms with Crippen LogP contribution in [0.1, 0.15) is 23.6 Å². The Balaban J connectivity index is 1.49. The lowest BCUT2D eigenvalue weighted by atomic mass is 9.94. The molecule has 1 atom stereocenters. The van der Waals surface area contributed by atoms with E-state index in [4.69, 9.17) is 4.74 Å². The summed E-state index contributed by atoms with van der Waals surface area (Å²) in [5.74, 6) is 7.67. The third-order valence-corrected chi connectivity index (χ3v) is 5.01. The van der Waals surface area contributed by atoms with E-state index in [-0.39, 0.29) is 5.75 Å². The smallest absolute Gasteiger partial charge is 0.387 e. The Labute approximate surface area is 157 Å². The fourth-order valence-electron chi connectivity index (χ4n) is 3.62. The molecule has 2 aliphatic heterocycles. The van der Waals surface area contributed by atoms with Crippen molar-refractivity contribution in [1.29, 1.82) is 0 Å². The van der Waals surface area contributed by atoms with Crippen molar-refractivity contribution < 1.29 is 18.3 Å². The van der Waals surface area contributed by atoms with Crippen molar-refractivity contribution >= 4 is 0 Å². The maximum atomic E-state index is 12.5. The van der Waals surface area contributed by atoms with Crippen molar-refractivity contribution in [2.45, 2.75) is 26.0 Å². The van der Waals surface area contributed by atoms with Gasteiger partial charge in [0.15, 0.2) is 0 Å². The minimum Gasteiger partial charge on any atom is -0.492 e. The average molecular weight is 369 g/mol. The lowest BCUT2D eigenvalue weighted by Gasteiger charge is -2.44. The second-order valence-electron chi connectivity index (χ2n) is 7.18. The zero-order chi connectivity index (χ0) is 18.8. The van der Waals surface area contributed by atoms with Gasteiger partial charge in [0.05, 0.1) is 5.56 Å². The van der Waals surface area contributed by atoms with E-state index in [1.165, 1.54) is 11.6 Å². The first-order valence-corrected chi connectivity index (χ1v) is 9.14. The lowest BCUT2D eigenvalue weighted by molar-refractivity contribution is -0.0500. The van der Waals surface area contributed by atoms with E-state index in [0.717, 1.165) is 36.7 Å². The molecule has 0 N–H and O–H groups in total. The molecule has 2 aromatic carbocycles. The van der Waals surface area contributed by atoms with Crippen LogP contribution in [0.5, 0.6) is 11.5 Å². The van der Waals surface area contributed by atoms with Crippen LogP contribution in [0.15, 0.2) is 42.5 Å². The molecule has 0 bridgehead atoms. The quantitative estimate of drug-likeness (QED) is 0.765. The van der Waals surface area contributed by atoms with Gasteiger partial charge in [0.1, 0.15) is 18.1 Å². The van der Waals surface area contributed by atoms with Gasteiger partial charge in [0.25, 0.3) is 0 Å². The van der Waals surface area contributed by atoms with Gasteiger partial charge in [-0.2, -0.15) is 8.78 Å². The highest BCUT2D eigenvalue weighted by Crippen LogP contribution is 2.30. The first-order valence-electron chi connectivity index (χ1n) is 9.14. The number of halogens is 2. The predicted octanol–water partition coefficient (Wildman–Crippen LogP) is 3.94. The van der Waals surface area contributed by atoms with E-state index in [0.29, 0.717) is 18.2 Å². The number of likely N-dealkylation sites (tertiary alicyclic amines) is 1. The van der Waals surface area contributed by atoms with Crippen LogP contribution in [0.3, 0.4) is 0 Å². The predicted molar refractivity (Wildman–Crippen MR) is 99.2 cm³/mol. The molecule has 0 radical (unpaired) electrons. The largest absolute Gasteiger partial charge is 0.492 e. The molecule has 4 rings (SSSR count). The van der Waals surface area contributed by atoms with Gasteiger partial charge >= 0.3 is 6.61 Å². The minimum absolute atomic E-state index is 0.0841. The van der Waals surface area contributed by atoms with Crippen LogP contribution in [0.25, 0.3) is 0 Å². The molecule has 1 unspecified atom stereocenters. The summed E-state index contributed by atoms with van der Waals surface area (Å²) in [5.41, 5.74) is 2.41. The van der Waals surface area contributed by atoms with Gasteiger partial charge < -0.3 is 9.47 Å². The second-order valence-corrected chi connectivity index (χ2v) is 7.18. The standard InChI is InChI=1S/C22H21F2NO2/c1-15-12-25(13-15)19-11-18-9-7-16(10-21(18)26-14-19)6-8-17-4-2-3-5-20(17)27-22(23)24/h2-5,7,9-10,15,19,22H,11-14H2,1H3. The number of nitrogens with zero attached hydrogens (tertiary/aromatic N) is 1. The van der Waals surface area contributed by atoms with Crippen molar-refractivity contribution in [2.24, 2.45) is 5.92 Å². The average Bonchev–Trinajstić information content (AvgIpc) is 2.64. The van der Waals surface area contributed by atoms with E-state index in [2.05, 4.69) is 34.5 Å². The zero-order valence-electron chi connectivity index (χ0n) is 15.1. The molecule has 0 saturated carbocycles. The monoisotopic (exact) mass is 369 g/mol. The summed E-state index contributed by atoms with van der Waals surface area (Å²) >= 11 is 0. The number of alkyl halides is 2. The summed E-state index contributed by atoms with van der Waals surface area (Å²) in [5, 5.41) is 0. The Morgan fingerprint density at radius 3 is 2.74 bits per heavy atom. The number of para-hydroxylation sites is 1. The Kier molecular flexibility index (Phi) is 5.00. The first-order chi connectivity index (χ1) is 13.1. The third kappa shape index (κ3) is 4.06. The summed E-state index contributed by atoms with van der Waals surface area (Å²) in [6.07, 6.45) is 0.987. The fourth-order valence-corrected chi connectivity index (χ4v) is 3.62. The maximum Gasteiger partial charge on any atom is 0.387 e. The molecule has 2 aromatic rings. The molecule has 1 fully saturated rings. The number of hydrogen-bond acceptors (Lipinski definition) is 3. The first kappa shape index (κ1) is 17.8. The van der Waals surface area contributed by atoms with E-state index >= 15 is 0 Å². The van der Waals surface area contributed by atoms with Gasteiger partial charge in [-0.05, 0) is 42.2 Å². The molecule has 5 heteroatoms. The van der Waals surface area contributed by atoms with E-state index < -0.39 is 6.61 Å². The molecular formula is C22H21F2NO2. The maximum absolute atomic E-state index is 12.5. The van der Waals surface area contributed by atoms with Crippen LogP contribution >= 0.6 is 0 Å². The Morgan fingerprint density at radius 1 is 1.15 bits per heavy atom. The van der Waals surface area contributed by atoms with Crippen molar-refractivity contribution in [1.82, 2.24) is 4.90 Å². The van der Waals surface area contributed by atoms with E-state index in [1.807, 2.05) is 12.1 Å². The molecule has 140 valence electrons. The SMILES string of the molecule is CC1CN(C2COc3cc(C#Cc4ccccc4OC(F)F)ccc3C2)C1. The molecule has 0 amide bonds. The highest BCUT2D eigenvalue weighted by molar-refractivity contribution is 5.52. The Hall–Kier alpha value is -2.58. The van der Waals surface area contributed by atoms with Gasteiger partial charge in [-0.25, -0.2) is 0 Å². The van der Waals surface area contributed by atoms with Crippen LogP contribution in [0.4, 0.5) is 8.78 Å².